The Morgan fingerprint density at radius 3 is 2.25 bits per heavy atom. The van der Waals surface area contributed by atoms with E-state index in [4.69, 9.17) is 3.79 Å². The second kappa shape index (κ2) is 7.86. The van der Waals surface area contributed by atoms with Crippen LogP contribution in [0.2, 0.25) is 10.6 Å². The lowest BCUT2D eigenvalue weighted by molar-refractivity contribution is 0.273. The summed E-state index contributed by atoms with van der Waals surface area (Å²) in [5, 5.41) is 2.51. The van der Waals surface area contributed by atoms with Crippen molar-refractivity contribution in [2.45, 2.75) is 37.8 Å². The molecule has 0 aliphatic carbocycles. The van der Waals surface area contributed by atoms with Crippen molar-refractivity contribution in [3.05, 3.63) is 12.7 Å². The first-order valence-corrected chi connectivity index (χ1v) is 7.12. The van der Waals surface area contributed by atoms with Crippen LogP contribution in [0.15, 0.2) is 12.7 Å². The van der Waals surface area contributed by atoms with E-state index in [1.807, 2.05) is 6.08 Å². The molecule has 0 bridgehead atoms. The van der Waals surface area contributed by atoms with Crippen LogP contribution in [0.1, 0.15) is 27.2 Å². The molecule has 0 unspecified atom stereocenters. The number of hydrogen-bond donors (Lipinski definition) is 0. The van der Waals surface area contributed by atoms with Gasteiger partial charge in [-0.3, -0.25) is 0 Å². The monoisotopic (exact) mass is 184 g/mol. The van der Waals surface area contributed by atoms with Crippen LogP contribution in [0, 0.1) is 5.92 Å². The third-order valence-corrected chi connectivity index (χ3v) is 4.80. The highest BCUT2D eigenvalue weighted by atomic mass is 27.2. The van der Waals surface area contributed by atoms with Gasteiger partial charge in [-0.15, -0.1) is 6.58 Å². The van der Waals surface area contributed by atoms with Crippen LogP contribution < -0.4 is 0 Å². The average molecular weight is 184 g/mol. The summed E-state index contributed by atoms with van der Waals surface area (Å²) in [7, 11) is 0. The van der Waals surface area contributed by atoms with Gasteiger partial charge in [0.25, 0.3) is 0 Å². The molecule has 12 heavy (non-hydrogen) atoms. The molecule has 0 fully saturated rings. The Hall–Kier alpha value is 0.232. The Labute approximate surface area is 81.5 Å². The minimum Gasteiger partial charge on any atom is -0.500 e. The fourth-order valence-electron chi connectivity index (χ4n) is 1.14. The maximum absolute atomic E-state index is 5.85. The Kier molecular flexibility index (Phi) is 8.01. The minimum absolute atomic E-state index is 0.568. The first-order valence-electron chi connectivity index (χ1n) is 5.02. The van der Waals surface area contributed by atoms with Gasteiger partial charge in [0.15, 0.2) is 0 Å². The van der Waals surface area contributed by atoms with E-state index in [-0.39, 0.29) is 0 Å². The van der Waals surface area contributed by atoms with Gasteiger partial charge >= 0.3 is 14.5 Å². The molecule has 2 heteroatoms. The molecule has 0 aromatic carbocycles. The third-order valence-electron chi connectivity index (χ3n) is 2.31. The van der Waals surface area contributed by atoms with Crippen molar-refractivity contribution < 1.29 is 3.79 Å². The maximum Gasteiger partial charge on any atom is 0.460 e. The fourth-order valence-corrected chi connectivity index (χ4v) is 2.70. The lowest BCUT2D eigenvalue weighted by Gasteiger charge is -2.14. The lowest BCUT2D eigenvalue weighted by Crippen LogP contribution is -2.19. The van der Waals surface area contributed by atoms with Crippen LogP contribution in [0.25, 0.3) is 0 Å². The highest BCUT2D eigenvalue weighted by Crippen LogP contribution is 2.07. The molecule has 0 saturated carbocycles. The van der Waals surface area contributed by atoms with Crippen LogP contribution >= 0.6 is 0 Å². The van der Waals surface area contributed by atoms with Gasteiger partial charge in [0.05, 0.1) is 0 Å². The molecule has 1 nitrogen and oxygen atoms in total. The molecule has 1 atom stereocenters. The first-order chi connectivity index (χ1) is 5.78. The summed E-state index contributed by atoms with van der Waals surface area (Å²) < 4.78 is 5.85. The summed E-state index contributed by atoms with van der Waals surface area (Å²) in [6.45, 7) is 11.3. The molecular formula is C10H21AlO. The molecule has 70 valence electrons. The molecule has 0 amide bonds. The fraction of sp³-hybridized carbons (Fsp3) is 0.800. The molecule has 0 aliphatic heterocycles. The summed E-state index contributed by atoms with van der Waals surface area (Å²) >= 11 is -0.824. The summed E-state index contributed by atoms with van der Waals surface area (Å²) in [4.78, 5) is 0. The van der Waals surface area contributed by atoms with E-state index >= 15 is 0 Å². The lowest BCUT2D eigenvalue weighted by atomic mass is 10.1. The second-order valence-corrected chi connectivity index (χ2v) is 6.39. The van der Waals surface area contributed by atoms with Crippen LogP contribution in [-0.4, -0.2) is 21.1 Å². The van der Waals surface area contributed by atoms with E-state index in [2.05, 4.69) is 27.4 Å². The van der Waals surface area contributed by atoms with Crippen molar-refractivity contribution >= 4 is 14.5 Å². The molecule has 0 rings (SSSR count). The highest BCUT2D eigenvalue weighted by molar-refractivity contribution is 6.51. The Balaban J connectivity index is 3.55. The van der Waals surface area contributed by atoms with Gasteiger partial charge in [-0.2, -0.15) is 0 Å². The van der Waals surface area contributed by atoms with Gasteiger partial charge in [-0.1, -0.05) is 37.4 Å². The SMILES string of the molecule is C=C[C@H](CC)C[O][Al]([CH2]C)[CH2]C. The topological polar surface area (TPSA) is 9.23 Å². The zero-order chi connectivity index (χ0) is 9.40. The molecule has 0 saturated heterocycles. The van der Waals surface area contributed by atoms with Crippen molar-refractivity contribution in [3.8, 4) is 0 Å². The van der Waals surface area contributed by atoms with Crippen molar-refractivity contribution in [2.24, 2.45) is 5.92 Å². The van der Waals surface area contributed by atoms with Crippen molar-refractivity contribution in [2.75, 3.05) is 6.61 Å². The van der Waals surface area contributed by atoms with E-state index < -0.39 is 14.5 Å². The van der Waals surface area contributed by atoms with E-state index in [1.54, 1.807) is 0 Å². The zero-order valence-electron chi connectivity index (χ0n) is 8.68. The summed E-state index contributed by atoms with van der Waals surface area (Å²) in [6.07, 6.45) is 3.16. The van der Waals surface area contributed by atoms with Crippen molar-refractivity contribution in [1.29, 1.82) is 0 Å². The average Bonchev–Trinajstić information content (AvgIpc) is 2.13. The normalized spacial score (nSPS) is 12.6. The Morgan fingerprint density at radius 2 is 1.92 bits per heavy atom. The van der Waals surface area contributed by atoms with Gasteiger partial charge in [0.1, 0.15) is 0 Å². The molecule has 0 aliphatic rings. The number of hydrogen-bond acceptors (Lipinski definition) is 1. The first kappa shape index (κ1) is 12.2. The molecule has 0 aromatic rings. The highest BCUT2D eigenvalue weighted by Gasteiger charge is 2.15. The molecule has 0 aromatic heterocycles. The second-order valence-electron chi connectivity index (χ2n) is 3.18. The maximum atomic E-state index is 5.85. The summed E-state index contributed by atoms with van der Waals surface area (Å²) in [5.74, 6) is 0.568. The van der Waals surface area contributed by atoms with Gasteiger partial charge < -0.3 is 3.79 Å². The van der Waals surface area contributed by atoms with Crippen LogP contribution in [0.5, 0.6) is 0 Å². The van der Waals surface area contributed by atoms with E-state index in [9.17, 15) is 0 Å². The smallest absolute Gasteiger partial charge is 0.460 e. The van der Waals surface area contributed by atoms with Gasteiger partial charge in [0.2, 0.25) is 0 Å². The zero-order valence-corrected chi connectivity index (χ0v) is 9.83. The Morgan fingerprint density at radius 1 is 1.33 bits per heavy atom. The van der Waals surface area contributed by atoms with Crippen LogP contribution in [0.3, 0.4) is 0 Å². The van der Waals surface area contributed by atoms with Crippen LogP contribution in [0.4, 0.5) is 0 Å². The molecule has 0 spiro atoms. The molecule has 0 N–H and O–H groups in total. The molecular weight excluding hydrogens is 163 g/mol. The molecule has 0 heterocycles. The standard InChI is InChI=1S/C6H11O.2C2H5.Al/c1-3-6(4-2)5-7;2*1-2;/h3,6H,1,4-5H2,2H3;2*1H2,2H3;/q-1;;;+1/t6-;;;/m1.../s1. The summed E-state index contributed by atoms with van der Waals surface area (Å²) in [5.41, 5.74) is 0. The quantitative estimate of drug-likeness (QED) is 0.436. The van der Waals surface area contributed by atoms with Crippen molar-refractivity contribution in [1.82, 2.24) is 0 Å². The van der Waals surface area contributed by atoms with Crippen LogP contribution in [-0.2, 0) is 3.79 Å². The van der Waals surface area contributed by atoms with E-state index in [0.29, 0.717) is 5.92 Å². The minimum atomic E-state index is -0.824. The van der Waals surface area contributed by atoms with E-state index in [1.165, 1.54) is 10.6 Å². The van der Waals surface area contributed by atoms with Gasteiger partial charge in [-0.25, -0.2) is 0 Å². The largest absolute Gasteiger partial charge is 0.500 e. The Bertz CT molecular complexity index is 110. The van der Waals surface area contributed by atoms with Gasteiger partial charge in [-0.05, 0) is 12.3 Å². The van der Waals surface area contributed by atoms with Gasteiger partial charge in [0, 0.05) is 6.61 Å². The predicted molar refractivity (Wildman–Crippen MR) is 56.6 cm³/mol. The number of rotatable bonds is 7. The van der Waals surface area contributed by atoms with E-state index in [0.717, 1.165) is 13.0 Å². The predicted octanol–water partition coefficient (Wildman–Crippen LogP) is 3.25. The summed E-state index contributed by atoms with van der Waals surface area (Å²) in [6, 6.07) is 0. The van der Waals surface area contributed by atoms with Crippen molar-refractivity contribution in [3.63, 3.8) is 0 Å². The molecule has 0 radical (unpaired) electrons. The third kappa shape index (κ3) is 4.98.